The van der Waals surface area contributed by atoms with E-state index in [1.54, 1.807) is 37.3 Å². The Kier molecular flexibility index (Phi) is 6.71. The quantitative estimate of drug-likeness (QED) is 0.529. The Morgan fingerprint density at radius 3 is 2.32 bits per heavy atom. The number of aryl methyl sites for hydroxylation is 1. The third-order valence-electron chi connectivity index (χ3n) is 4.68. The molecule has 1 aromatic heterocycles. The summed E-state index contributed by atoms with van der Waals surface area (Å²) in [6, 6.07) is 15.0. The first-order valence-electron chi connectivity index (χ1n) is 9.63. The first-order valence-corrected chi connectivity index (χ1v) is 9.63. The van der Waals surface area contributed by atoms with Crippen LogP contribution in [0.1, 0.15) is 39.0 Å². The lowest BCUT2D eigenvalue weighted by Gasteiger charge is -2.17. The Balaban J connectivity index is 1.51. The smallest absolute Gasteiger partial charge is 0.291 e. The fraction of sp³-hybridized carbons (Fsp3) is 0.174. The molecule has 0 radical (unpaired) electrons. The summed E-state index contributed by atoms with van der Waals surface area (Å²) < 4.78 is 10.7. The number of amides is 3. The molecule has 1 heterocycles. The van der Waals surface area contributed by atoms with Crippen molar-refractivity contribution in [2.24, 2.45) is 0 Å². The number of hydrogen-bond donors (Lipinski definition) is 3. The van der Waals surface area contributed by atoms with E-state index in [0.717, 1.165) is 11.1 Å². The van der Waals surface area contributed by atoms with Crippen LogP contribution in [0.2, 0.25) is 0 Å². The molecule has 2 aromatic carbocycles. The molecule has 31 heavy (non-hydrogen) atoms. The fourth-order valence-corrected chi connectivity index (χ4v) is 2.69. The van der Waals surface area contributed by atoms with Crippen molar-refractivity contribution in [3.05, 3.63) is 83.3 Å². The van der Waals surface area contributed by atoms with E-state index < -0.39 is 23.8 Å². The number of ether oxygens (including phenoxy) is 1. The largest absolute Gasteiger partial charge is 0.481 e. The second-order valence-electron chi connectivity index (χ2n) is 6.91. The zero-order valence-corrected chi connectivity index (χ0v) is 17.4. The molecule has 0 bridgehead atoms. The van der Waals surface area contributed by atoms with Crippen LogP contribution >= 0.6 is 0 Å². The van der Waals surface area contributed by atoms with E-state index in [4.69, 9.17) is 9.15 Å². The van der Waals surface area contributed by atoms with Gasteiger partial charge in [-0.25, -0.2) is 0 Å². The van der Waals surface area contributed by atoms with Crippen LogP contribution in [0.3, 0.4) is 0 Å². The van der Waals surface area contributed by atoms with Crippen LogP contribution < -0.4 is 20.9 Å². The van der Waals surface area contributed by atoms with Gasteiger partial charge in [0.05, 0.1) is 6.26 Å². The molecule has 3 amide bonds. The normalized spacial score (nSPS) is 11.3. The highest BCUT2D eigenvalue weighted by molar-refractivity contribution is 6.02. The van der Waals surface area contributed by atoms with Crippen LogP contribution in [-0.4, -0.2) is 23.8 Å². The van der Waals surface area contributed by atoms with Gasteiger partial charge in [-0.2, -0.15) is 0 Å². The minimum Gasteiger partial charge on any atom is -0.481 e. The first-order chi connectivity index (χ1) is 14.8. The van der Waals surface area contributed by atoms with Crippen LogP contribution in [0.15, 0.2) is 65.3 Å². The van der Waals surface area contributed by atoms with Gasteiger partial charge in [0, 0.05) is 11.3 Å². The summed E-state index contributed by atoms with van der Waals surface area (Å²) >= 11 is 0. The molecule has 3 rings (SSSR count). The van der Waals surface area contributed by atoms with Crippen molar-refractivity contribution in [1.82, 2.24) is 10.9 Å². The third-order valence-corrected chi connectivity index (χ3v) is 4.68. The molecule has 0 aliphatic carbocycles. The van der Waals surface area contributed by atoms with E-state index in [-0.39, 0.29) is 5.76 Å². The van der Waals surface area contributed by atoms with Crippen LogP contribution in [0.25, 0.3) is 0 Å². The topological polar surface area (TPSA) is 110 Å². The van der Waals surface area contributed by atoms with Crippen LogP contribution in [0, 0.1) is 13.8 Å². The molecule has 0 saturated carbocycles. The number of nitrogens with one attached hydrogen (secondary N) is 3. The molecule has 8 heteroatoms. The van der Waals surface area contributed by atoms with Gasteiger partial charge >= 0.3 is 0 Å². The standard InChI is InChI=1S/C23H23N3O5/c1-14-6-4-7-19(15(14)2)31-16(3)21(27)25-26-22(28)17-9-11-18(12-10-17)24-23(29)20-8-5-13-30-20/h4-13,16H,1-3H3,(H,24,29)(H,25,27)(H,26,28)/t16-/m1/s1. The van der Waals surface area contributed by atoms with Gasteiger partial charge in [-0.15, -0.1) is 0 Å². The van der Waals surface area contributed by atoms with Crippen molar-refractivity contribution in [3.8, 4) is 5.75 Å². The number of carbonyl (C=O) groups excluding carboxylic acids is 3. The summed E-state index contributed by atoms with van der Waals surface area (Å²) in [5.74, 6) is -0.594. The van der Waals surface area contributed by atoms with Crippen molar-refractivity contribution in [1.29, 1.82) is 0 Å². The highest BCUT2D eigenvalue weighted by Gasteiger charge is 2.17. The van der Waals surface area contributed by atoms with Crippen molar-refractivity contribution in [3.63, 3.8) is 0 Å². The molecular formula is C23H23N3O5. The van der Waals surface area contributed by atoms with Gasteiger partial charge in [-0.05, 0) is 74.4 Å². The average molecular weight is 421 g/mol. The maximum Gasteiger partial charge on any atom is 0.291 e. The zero-order chi connectivity index (χ0) is 22.4. The van der Waals surface area contributed by atoms with Gasteiger partial charge in [-0.1, -0.05) is 12.1 Å². The van der Waals surface area contributed by atoms with Gasteiger partial charge in [0.25, 0.3) is 17.7 Å². The summed E-state index contributed by atoms with van der Waals surface area (Å²) in [6.45, 7) is 5.47. The molecule has 8 nitrogen and oxygen atoms in total. The van der Waals surface area contributed by atoms with Gasteiger partial charge in [0.15, 0.2) is 11.9 Å². The third kappa shape index (κ3) is 5.51. The van der Waals surface area contributed by atoms with E-state index >= 15 is 0 Å². The van der Waals surface area contributed by atoms with Crippen LogP contribution in [-0.2, 0) is 4.79 Å². The second-order valence-corrected chi connectivity index (χ2v) is 6.91. The summed E-state index contributed by atoms with van der Waals surface area (Å²) in [5.41, 5.74) is 7.52. The van der Waals surface area contributed by atoms with Gasteiger partial charge < -0.3 is 14.5 Å². The van der Waals surface area contributed by atoms with Crippen molar-refractivity contribution in [2.75, 3.05) is 5.32 Å². The number of hydrogen-bond acceptors (Lipinski definition) is 5. The molecule has 160 valence electrons. The lowest BCUT2D eigenvalue weighted by Crippen LogP contribution is -2.47. The Morgan fingerprint density at radius 2 is 1.65 bits per heavy atom. The van der Waals surface area contributed by atoms with E-state index in [2.05, 4.69) is 16.2 Å². The Morgan fingerprint density at radius 1 is 0.903 bits per heavy atom. The number of furan rings is 1. The first kappa shape index (κ1) is 21.6. The molecular weight excluding hydrogens is 398 g/mol. The molecule has 3 aromatic rings. The maximum atomic E-state index is 12.3. The Hall–Kier alpha value is -4.07. The highest BCUT2D eigenvalue weighted by Crippen LogP contribution is 2.21. The zero-order valence-electron chi connectivity index (χ0n) is 17.4. The van der Waals surface area contributed by atoms with Crippen molar-refractivity contribution >= 4 is 23.4 Å². The Labute approximate surface area is 179 Å². The predicted molar refractivity (Wildman–Crippen MR) is 115 cm³/mol. The van der Waals surface area contributed by atoms with Gasteiger partial charge in [0.1, 0.15) is 5.75 Å². The fourth-order valence-electron chi connectivity index (χ4n) is 2.69. The molecule has 0 unspecified atom stereocenters. The number of anilines is 1. The Bertz CT molecular complexity index is 1080. The number of hydrazine groups is 1. The van der Waals surface area contributed by atoms with Crippen molar-refractivity contribution < 1.29 is 23.5 Å². The lowest BCUT2D eigenvalue weighted by molar-refractivity contribution is -0.128. The molecule has 1 atom stereocenters. The van der Waals surface area contributed by atoms with Crippen molar-refractivity contribution in [2.45, 2.75) is 26.9 Å². The highest BCUT2D eigenvalue weighted by atomic mass is 16.5. The monoisotopic (exact) mass is 421 g/mol. The molecule has 3 N–H and O–H groups in total. The summed E-state index contributed by atoms with van der Waals surface area (Å²) in [4.78, 5) is 36.5. The van der Waals surface area contributed by atoms with E-state index in [1.807, 2.05) is 26.0 Å². The molecule has 0 aliphatic heterocycles. The van der Waals surface area contributed by atoms with E-state index in [1.165, 1.54) is 18.4 Å². The summed E-state index contributed by atoms with van der Waals surface area (Å²) in [7, 11) is 0. The SMILES string of the molecule is Cc1cccc(O[C@H](C)C(=O)NNC(=O)c2ccc(NC(=O)c3ccco3)cc2)c1C. The molecule has 0 saturated heterocycles. The molecule has 0 fully saturated rings. The predicted octanol–water partition coefficient (Wildman–Crippen LogP) is 3.38. The summed E-state index contributed by atoms with van der Waals surface area (Å²) in [6.07, 6.45) is 0.602. The minimum atomic E-state index is -0.806. The maximum absolute atomic E-state index is 12.3. The number of rotatable bonds is 6. The molecule has 0 aliphatic rings. The second kappa shape index (κ2) is 9.62. The number of benzene rings is 2. The van der Waals surface area contributed by atoms with E-state index in [9.17, 15) is 14.4 Å². The minimum absolute atomic E-state index is 0.182. The summed E-state index contributed by atoms with van der Waals surface area (Å²) in [5, 5.41) is 2.66. The molecule has 0 spiro atoms. The van der Waals surface area contributed by atoms with E-state index in [0.29, 0.717) is 17.0 Å². The van der Waals surface area contributed by atoms with Crippen LogP contribution in [0.4, 0.5) is 5.69 Å². The van der Waals surface area contributed by atoms with Gasteiger partial charge in [0.2, 0.25) is 0 Å². The number of carbonyl (C=O) groups is 3. The lowest BCUT2D eigenvalue weighted by atomic mass is 10.1. The average Bonchev–Trinajstić information content (AvgIpc) is 3.30. The van der Waals surface area contributed by atoms with Gasteiger partial charge in [-0.3, -0.25) is 25.2 Å². The van der Waals surface area contributed by atoms with Crippen LogP contribution in [0.5, 0.6) is 5.75 Å².